The van der Waals surface area contributed by atoms with Gasteiger partial charge >= 0.3 is 0 Å². The fourth-order valence-corrected chi connectivity index (χ4v) is 2.25. The summed E-state index contributed by atoms with van der Waals surface area (Å²) in [5.74, 6) is 0. The largest absolute Gasteiger partial charge is 0.399 e. The van der Waals surface area contributed by atoms with E-state index in [1.165, 1.54) is 30.6 Å². The molecule has 0 saturated carbocycles. The summed E-state index contributed by atoms with van der Waals surface area (Å²) < 4.78 is 0. The molecule has 0 atom stereocenters. The Morgan fingerprint density at radius 2 is 2.19 bits per heavy atom. The van der Waals surface area contributed by atoms with Crippen LogP contribution in [0.25, 0.3) is 0 Å². The molecule has 1 aromatic carbocycles. The van der Waals surface area contributed by atoms with Crippen LogP contribution in [0.15, 0.2) is 18.2 Å². The van der Waals surface area contributed by atoms with Crippen LogP contribution in [0.3, 0.4) is 0 Å². The van der Waals surface area contributed by atoms with E-state index in [1.54, 1.807) is 0 Å². The maximum absolute atomic E-state index is 5.82. The van der Waals surface area contributed by atoms with E-state index < -0.39 is 0 Å². The Morgan fingerprint density at radius 1 is 1.38 bits per heavy atom. The third kappa shape index (κ3) is 2.47. The van der Waals surface area contributed by atoms with Gasteiger partial charge in [-0.05, 0) is 50.7 Å². The zero-order chi connectivity index (χ0) is 11.5. The first kappa shape index (κ1) is 11.3. The molecule has 0 aromatic heterocycles. The fraction of sp³-hybridized carbons (Fsp3) is 0.538. The normalized spacial score (nSPS) is 15.3. The molecule has 2 rings (SSSR count). The second kappa shape index (κ2) is 4.74. The molecule has 0 radical (unpaired) electrons. The Bertz CT molecular complexity index is 360. The van der Waals surface area contributed by atoms with Crippen LogP contribution in [0.5, 0.6) is 0 Å². The van der Waals surface area contributed by atoms with Crippen LogP contribution in [0, 0.1) is 0 Å². The van der Waals surface area contributed by atoms with Crippen LogP contribution in [0.2, 0.25) is 0 Å². The Labute approximate surface area is 97.8 Å². The van der Waals surface area contributed by atoms with Crippen molar-refractivity contribution in [1.82, 2.24) is 4.90 Å². The molecule has 3 heteroatoms. The fourth-order valence-electron chi connectivity index (χ4n) is 2.25. The van der Waals surface area contributed by atoms with Crippen molar-refractivity contribution in [1.29, 1.82) is 0 Å². The van der Waals surface area contributed by atoms with E-state index in [2.05, 4.69) is 36.0 Å². The Hall–Kier alpha value is -1.22. The number of likely N-dealkylation sites (N-methyl/N-ethyl adjacent to an activating group) is 1. The molecule has 1 aliphatic rings. The van der Waals surface area contributed by atoms with E-state index in [4.69, 9.17) is 5.73 Å². The summed E-state index contributed by atoms with van der Waals surface area (Å²) in [6.45, 7) is 3.37. The van der Waals surface area contributed by atoms with Crippen molar-refractivity contribution >= 4 is 11.4 Å². The summed E-state index contributed by atoms with van der Waals surface area (Å²) in [6.07, 6.45) is 2.41. The minimum Gasteiger partial charge on any atom is -0.399 e. The summed E-state index contributed by atoms with van der Waals surface area (Å²) >= 11 is 0. The third-order valence-electron chi connectivity index (χ3n) is 3.14. The lowest BCUT2D eigenvalue weighted by Crippen LogP contribution is -2.35. The average Bonchev–Trinajstić information content (AvgIpc) is 2.25. The Balaban J connectivity index is 2.13. The summed E-state index contributed by atoms with van der Waals surface area (Å²) in [5, 5.41) is 0. The number of rotatable bonds is 3. The van der Waals surface area contributed by atoms with Gasteiger partial charge in [-0.25, -0.2) is 0 Å². The van der Waals surface area contributed by atoms with Crippen molar-refractivity contribution in [3.8, 4) is 0 Å². The van der Waals surface area contributed by atoms with Crippen molar-refractivity contribution in [2.45, 2.75) is 12.8 Å². The molecule has 1 aliphatic heterocycles. The number of nitrogen functional groups attached to an aromatic ring is 1. The molecule has 0 fully saturated rings. The predicted molar refractivity (Wildman–Crippen MR) is 69.9 cm³/mol. The molecule has 0 bridgehead atoms. The molecule has 88 valence electrons. The van der Waals surface area contributed by atoms with Gasteiger partial charge in [-0.15, -0.1) is 0 Å². The number of nitrogens with two attached hydrogens (primary N) is 1. The number of hydrogen-bond acceptors (Lipinski definition) is 3. The molecule has 16 heavy (non-hydrogen) atoms. The van der Waals surface area contributed by atoms with Crippen LogP contribution in [0.1, 0.15) is 12.0 Å². The van der Waals surface area contributed by atoms with Gasteiger partial charge in [0.05, 0.1) is 0 Å². The lowest BCUT2D eigenvalue weighted by molar-refractivity contribution is 0.411. The number of aryl methyl sites for hydroxylation is 1. The molecule has 0 unspecified atom stereocenters. The van der Waals surface area contributed by atoms with Gasteiger partial charge in [0.2, 0.25) is 0 Å². The first-order chi connectivity index (χ1) is 7.66. The van der Waals surface area contributed by atoms with Crippen LogP contribution < -0.4 is 10.6 Å². The zero-order valence-corrected chi connectivity index (χ0v) is 10.2. The van der Waals surface area contributed by atoms with Gasteiger partial charge in [-0.2, -0.15) is 0 Å². The van der Waals surface area contributed by atoms with Gasteiger partial charge in [0, 0.05) is 31.0 Å². The molecule has 1 aromatic rings. The second-order valence-electron chi connectivity index (χ2n) is 4.78. The van der Waals surface area contributed by atoms with E-state index in [9.17, 15) is 0 Å². The molecule has 2 N–H and O–H groups in total. The van der Waals surface area contributed by atoms with Crippen molar-refractivity contribution in [2.75, 3.05) is 44.4 Å². The Morgan fingerprint density at radius 3 is 2.94 bits per heavy atom. The van der Waals surface area contributed by atoms with E-state index in [0.29, 0.717) is 0 Å². The number of anilines is 2. The molecular formula is C13H21N3. The lowest BCUT2D eigenvalue weighted by Gasteiger charge is -2.32. The second-order valence-corrected chi connectivity index (χ2v) is 4.78. The first-order valence-electron chi connectivity index (χ1n) is 5.95. The van der Waals surface area contributed by atoms with Gasteiger partial charge in [0.1, 0.15) is 0 Å². The van der Waals surface area contributed by atoms with E-state index >= 15 is 0 Å². The van der Waals surface area contributed by atoms with Gasteiger partial charge in [0.15, 0.2) is 0 Å². The number of fused-ring (bicyclic) bond motifs is 1. The molecule has 3 nitrogen and oxygen atoms in total. The van der Waals surface area contributed by atoms with E-state index in [0.717, 1.165) is 18.8 Å². The highest BCUT2D eigenvalue weighted by Gasteiger charge is 2.16. The van der Waals surface area contributed by atoms with Crippen LogP contribution in [-0.2, 0) is 6.42 Å². The SMILES string of the molecule is CN(C)CCN1CCCc2cc(N)ccc21. The summed E-state index contributed by atoms with van der Waals surface area (Å²) in [6, 6.07) is 6.30. The highest BCUT2D eigenvalue weighted by Crippen LogP contribution is 2.28. The third-order valence-corrected chi connectivity index (χ3v) is 3.14. The van der Waals surface area contributed by atoms with Crippen molar-refractivity contribution in [3.63, 3.8) is 0 Å². The number of benzene rings is 1. The molecule has 0 amide bonds. The van der Waals surface area contributed by atoms with Crippen LogP contribution >= 0.6 is 0 Å². The summed E-state index contributed by atoms with van der Waals surface area (Å²) in [7, 11) is 4.24. The quantitative estimate of drug-likeness (QED) is 0.783. The molecule has 0 spiro atoms. The van der Waals surface area contributed by atoms with Crippen LogP contribution in [-0.4, -0.2) is 38.6 Å². The number of hydrogen-bond donors (Lipinski definition) is 1. The smallest absolute Gasteiger partial charge is 0.0400 e. The highest BCUT2D eigenvalue weighted by molar-refractivity contribution is 5.61. The van der Waals surface area contributed by atoms with Gasteiger partial charge in [-0.3, -0.25) is 0 Å². The van der Waals surface area contributed by atoms with E-state index in [-0.39, 0.29) is 0 Å². The van der Waals surface area contributed by atoms with Crippen molar-refractivity contribution in [2.24, 2.45) is 0 Å². The standard InChI is InChI=1S/C13H21N3/c1-15(2)8-9-16-7-3-4-11-10-12(14)5-6-13(11)16/h5-6,10H,3-4,7-9,14H2,1-2H3. The average molecular weight is 219 g/mol. The van der Waals surface area contributed by atoms with Gasteiger partial charge < -0.3 is 15.5 Å². The maximum Gasteiger partial charge on any atom is 0.0400 e. The maximum atomic E-state index is 5.82. The monoisotopic (exact) mass is 219 g/mol. The van der Waals surface area contributed by atoms with Crippen LogP contribution in [0.4, 0.5) is 11.4 Å². The molecule has 0 aliphatic carbocycles. The topological polar surface area (TPSA) is 32.5 Å². The zero-order valence-electron chi connectivity index (χ0n) is 10.2. The Kier molecular flexibility index (Phi) is 3.34. The molecule has 0 saturated heterocycles. The van der Waals surface area contributed by atoms with Crippen molar-refractivity contribution < 1.29 is 0 Å². The summed E-state index contributed by atoms with van der Waals surface area (Å²) in [4.78, 5) is 4.70. The minimum atomic E-state index is 0.883. The summed E-state index contributed by atoms with van der Waals surface area (Å²) in [5.41, 5.74) is 9.49. The van der Waals surface area contributed by atoms with Crippen molar-refractivity contribution in [3.05, 3.63) is 23.8 Å². The minimum absolute atomic E-state index is 0.883. The molecular weight excluding hydrogens is 198 g/mol. The van der Waals surface area contributed by atoms with Gasteiger partial charge in [-0.1, -0.05) is 0 Å². The predicted octanol–water partition coefficient (Wildman–Crippen LogP) is 1.58. The highest BCUT2D eigenvalue weighted by atomic mass is 15.2. The lowest BCUT2D eigenvalue weighted by atomic mass is 10.0. The molecule has 1 heterocycles. The first-order valence-corrected chi connectivity index (χ1v) is 5.95. The van der Waals surface area contributed by atoms with Gasteiger partial charge in [0.25, 0.3) is 0 Å². The van der Waals surface area contributed by atoms with E-state index in [1.807, 2.05) is 6.07 Å². The number of nitrogens with zero attached hydrogens (tertiary/aromatic N) is 2.